The SMILES string of the molecule is Cc1nc2ccccc2n1CCC(=O)N1CCC2(CC1)Oc1ccc(cc1)OCCNC(=O)[C@H](C)NC(=O)[C@H](CO)NC(=O)[C@@H](Cc1ccccc1)NC2=O. The molecule has 3 aliphatic heterocycles. The predicted molar refractivity (Wildman–Crippen MR) is 202 cm³/mol. The molecular formula is C40H47N7O8. The lowest BCUT2D eigenvalue weighted by Crippen LogP contribution is -2.62. The average Bonchev–Trinajstić information content (AvgIpc) is 3.52. The maximum absolute atomic E-state index is 14.5. The highest BCUT2D eigenvalue weighted by Crippen LogP contribution is 2.31. The van der Waals surface area contributed by atoms with Crippen LogP contribution in [0, 0.1) is 6.92 Å². The summed E-state index contributed by atoms with van der Waals surface area (Å²) in [5, 5.41) is 20.7. The summed E-state index contributed by atoms with van der Waals surface area (Å²) in [7, 11) is 0. The summed E-state index contributed by atoms with van der Waals surface area (Å²) in [6.45, 7) is 3.82. The molecule has 15 nitrogen and oxygen atoms in total. The summed E-state index contributed by atoms with van der Waals surface area (Å²) in [6, 6.07) is 20.0. The Hall–Kier alpha value is -5.96. The Kier molecular flexibility index (Phi) is 12.3. The van der Waals surface area contributed by atoms with Gasteiger partial charge in [0.05, 0.1) is 24.2 Å². The fourth-order valence-corrected chi connectivity index (χ4v) is 6.86. The number of piperidine rings is 1. The van der Waals surface area contributed by atoms with Gasteiger partial charge >= 0.3 is 0 Å². The first-order valence-electron chi connectivity index (χ1n) is 18.5. The molecule has 1 fully saturated rings. The van der Waals surface area contributed by atoms with Gasteiger partial charge in [-0.25, -0.2) is 4.98 Å². The van der Waals surface area contributed by atoms with Gasteiger partial charge in [0.25, 0.3) is 5.91 Å². The van der Waals surface area contributed by atoms with E-state index in [-0.39, 0.29) is 57.8 Å². The van der Waals surface area contributed by atoms with E-state index in [0.29, 0.717) is 18.0 Å². The van der Waals surface area contributed by atoms with Crippen molar-refractivity contribution in [3.05, 3.63) is 90.3 Å². The lowest BCUT2D eigenvalue weighted by atomic mass is 9.89. The first kappa shape index (κ1) is 38.8. The van der Waals surface area contributed by atoms with E-state index in [0.717, 1.165) is 22.4 Å². The monoisotopic (exact) mass is 753 g/mol. The van der Waals surface area contributed by atoms with E-state index in [4.69, 9.17) is 9.47 Å². The number of imidazole rings is 1. The Bertz CT molecular complexity index is 1990. The van der Waals surface area contributed by atoms with Gasteiger partial charge in [0.15, 0.2) is 5.60 Å². The van der Waals surface area contributed by atoms with Gasteiger partial charge in [-0.1, -0.05) is 42.5 Å². The zero-order valence-electron chi connectivity index (χ0n) is 31.0. The fourth-order valence-electron chi connectivity index (χ4n) is 6.86. The molecule has 4 aromatic rings. The number of carbonyl (C=O) groups is 5. The number of fused-ring (bicyclic) bond motifs is 16. The van der Waals surface area contributed by atoms with Crippen molar-refractivity contribution in [2.75, 3.05) is 32.8 Å². The number of para-hydroxylation sites is 2. The Labute approximate surface area is 318 Å². The van der Waals surface area contributed by atoms with Crippen molar-refractivity contribution in [2.24, 2.45) is 0 Å². The number of aryl methyl sites for hydroxylation is 2. The Morgan fingerprint density at radius 2 is 1.53 bits per heavy atom. The third-order valence-corrected chi connectivity index (χ3v) is 10.0. The summed E-state index contributed by atoms with van der Waals surface area (Å²) < 4.78 is 14.3. The largest absolute Gasteiger partial charge is 0.492 e. The number of nitrogens with zero attached hydrogens (tertiary/aromatic N) is 3. The average molecular weight is 754 g/mol. The first-order valence-corrected chi connectivity index (χ1v) is 18.5. The smallest absolute Gasteiger partial charge is 0.265 e. The van der Waals surface area contributed by atoms with Gasteiger partial charge in [-0.2, -0.15) is 0 Å². The van der Waals surface area contributed by atoms with E-state index in [1.807, 2.05) is 41.8 Å². The van der Waals surface area contributed by atoms with Crippen LogP contribution >= 0.6 is 0 Å². The lowest BCUT2D eigenvalue weighted by Gasteiger charge is -2.41. The van der Waals surface area contributed by atoms with Crippen molar-refractivity contribution < 1.29 is 38.6 Å². The molecule has 0 radical (unpaired) electrons. The molecule has 1 aromatic heterocycles. The van der Waals surface area contributed by atoms with Crippen molar-refractivity contribution in [2.45, 2.75) is 69.8 Å². The van der Waals surface area contributed by atoms with Crippen LogP contribution in [0.25, 0.3) is 11.0 Å². The predicted octanol–water partition coefficient (Wildman–Crippen LogP) is 1.39. The molecule has 55 heavy (non-hydrogen) atoms. The minimum absolute atomic E-state index is 0.0616. The maximum atomic E-state index is 14.5. The number of aromatic nitrogens is 2. The maximum Gasteiger partial charge on any atom is 0.265 e. The van der Waals surface area contributed by atoms with E-state index in [1.54, 1.807) is 53.4 Å². The number of hydrogen-bond donors (Lipinski definition) is 5. The van der Waals surface area contributed by atoms with E-state index in [1.165, 1.54) is 6.92 Å². The van der Waals surface area contributed by atoms with Gasteiger partial charge in [0, 0.05) is 45.3 Å². The molecule has 4 heterocycles. The first-order chi connectivity index (χ1) is 26.5. The van der Waals surface area contributed by atoms with Crippen LogP contribution in [0.2, 0.25) is 0 Å². The number of aliphatic hydroxyl groups is 1. The second-order valence-corrected chi connectivity index (χ2v) is 13.8. The van der Waals surface area contributed by atoms with Crippen LogP contribution in [0.1, 0.15) is 37.6 Å². The number of ether oxygens (including phenoxy) is 2. The van der Waals surface area contributed by atoms with Crippen LogP contribution in [-0.4, -0.2) is 106 Å². The highest BCUT2D eigenvalue weighted by Gasteiger charge is 2.46. The number of likely N-dealkylation sites (tertiary alicyclic amines) is 1. The molecule has 5 N–H and O–H groups in total. The van der Waals surface area contributed by atoms with Crippen molar-refractivity contribution in [1.29, 1.82) is 0 Å². The summed E-state index contributed by atoms with van der Waals surface area (Å²) in [5.41, 5.74) is 1.08. The second kappa shape index (κ2) is 17.5. The molecule has 2 bridgehead atoms. The third kappa shape index (κ3) is 9.41. The molecule has 0 aliphatic carbocycles. The highest BCUT2D eigenvalue weighted by atomic mass is 16.5. The molecule has 3 aromatic carbocycles. The van der Waals surface area contributed by atoms with Gasteiger partial charge in [0.1, 0.15) is 42.1 Å². The molecule has 3 atom stereocenters. The standard InChI is InChI=1S/C40H47N7O8/c1-26-36(50)41-19-23-54-29-12-14-30(15-13-29)55-40(17-21-46(22-18-40)35(49)16-20-47-27(2)43-31-10-6-7-11-34(31)47)39(53)45-32(24-28-8-4-3-5-9-28)37(51)44-33(25-48)38(52)42-26/h3-15,26,32-33,48H,16-25H2,1-2H3,(H,41,50)(H,42,52)(H,44,51)(H,45,53)/t26-,32+,33-/m0/s1. The fraction of sp³-hybridized carbons (Fsp3) is 0.400. The van der Waals surface area contributed by atoms with Gasteiger partial charge < -0.3 is 45.3 Å². The van der Waals surface area contributed by atoms with E-state index < -0.39 is 54.0 Å². The summed E-state index contributed by atoms with van der Waals surface area (Å²) in [6.07, 6.45) is 0.569. The van der Waals surface area contributed by atoms with Gasteiger partial charge in [-0.3, -0.25) is 24.0 Å². The zero-order valence-corrected chi connectivity index (χ0v) is 31.0. The number of aliphatic hydroxyl groups excluding tert-OH is 1. The molecule has 0 saturated carbocycles. The van der Waals surface area contributed by atoms with Crippen LogP contribution in [0.4, 0.5) is 0 Å². The highest BCUT2D eigenvalue weighted by molar-refractivity contribution is 5.95. The number of nitrogens with one attached hydrogen (secondary N) is 4. The normalized spacial score (nSPS) is 21.1. The number of rotatable bonds is 6. The van der Waals surface area contributed by atoms with Crippen LogP contribution in [0.5, 0.6) is 11.5 Å². The van der Waals surface area contributed by atoms with Crippen LogP contribution in [0.3, 0.4) is 0 Å². The van der Waals surface area contributed by atoms with Crippen LogP contribution in [-0.2, 0) is 36.9 Å². The quantitative estimate of drug-likeness (QED) is 0.181. The topological polar surface area (TPSA) is 193 Å². The minimum Gasteiger partial charge on any atom is -0.492 e. The van der Waals surface area contributed by atoms with E-state index >= 15 is 0 Å². The van der Waals surface area contributed by atoms with E-state index in [2.05, 4.69) is 26.3 Å². The molecule has 5 amide bonds. The number of benzene rings is 3. The van der Waals surface area contributed by atoms with Crippen molar-refractivity contribution in [3.63, 3.8) is 0 Å². The van der Waals surface area contributed by atoms with Crippen molar-refractivity contribution in [1.82, 2.24) is 35.7 Å². The molecule has 3 aliphatic rings. The lowest BCUT2D eigenvalue weighted by molar-refractivity contribution is -0.148. The number of hydrogen-bond acceptors (Lipinski definition) is 9. The molecular weight excluding hydrogens is 706 g/mol. The Morgan fingerprint density at radius 1 is 0.855 bits per heavy atom. The molecule has 15 heteroatoms. The summed E-state index contributed by atoms with van der Waals surface area (Å²) in [4.78, 5) is 74.0. The second-order valence-electron chi connectivity index (χ2n) is 13.8. The summed E-state index contributed by atoms with van der Waals surface area (Å²) in [5.74, 6) is -0.914. The third-order valence-electron chi connectivity index (χ3n) is 10.0. The molecule has 1 saturated heterocycles. The van der Waals surface area contributed by atoms with Gasteiger partial charge in [-0.15, -0.1) is 0 Å². The minimum atomic E-state index is -1.47. The number of carbonyl (C=O) groups excluding carboxylic acids is 5. The van der Waals surface area contributed by atoms with Crippen LogP contribution < -0.4 is 30.7 Å². The zero-order chi connectivity index (χ0) is 39.0. The number of amides is 5. The van der Waals surface area contributed by atoms with Crippen LogP contribution in [0.15, 0.2) is 78.9 Å². The Morgan fingerprint density at radius 3 is 2.25 bits per heavy atom. The molecule has 7 rings (SSSR count). The molecule has 0 unspecified atom stereocenters. The Balaban J connectivity index is 1.24. The van der Waals surface area contributed by atoms with Gasteiger partial charge in [0.2, 0.25) is 23.6 Å². The molecule has 1 spiro atoms. The summed E-state index contributed by atoms with van der Waals surface area (Å²) >= 11 is 0. The van der Waals surface area contributed by atoms with Gasteiger partial charge in [-0.05, 0) is 55.8 Å². The molecule has 290 valence electrons. The van der Waals surface area contributed by atoms with Crippen molar-refractivity contribution in [3.8, 4) is 11.5 Å². The van der Waals surface area contributed by atoms with Crippen molar-refractivity contribution >= 4 is 40.6 Å². The van der Waals surface area contributed by atoms with E-state index in [9.17, 15) is 29.1 Å².